The minimum atomic E-state index is -0.123. The highest BCUT2D eigenvalue weighted by atomic mass is 79.9. The van der Waals surface area contributed by atoms with Crippen molar-refractivity contribution < 1.29 is 4.79 Å². The fourth-order valence-electron chi connectivity index (χ4n) is 3.77. The molecule has 0 spiro atoms. The van der Waals surface area contributed by atoms with Gasteiger partial charge in [-0.05, 0) is 57.4 Å². The summed E-state index contributed by atoms with van der Waals surface area (Å²) in [7, 11) is 0. The molecule has 7 heteroatoms. The Balaban J connectivity index is 1.56. The number of rotatable bonds is 6. The Hall–Kier alpha value is -1.73. The van der Waals surface area contributed by atoms with Gasteiger partial charge in [-0.25, -0.2) is 4.98 Å². The number of hydrogen-bond donors (Lipinski definition) is 1. The third-order valence-electron chi connectivity index (χ3n) is 5.60. The van der Waals surface area contributed by atoms with Gasteiger partial charge in [-0.1, -0.05) is 22.9 Å². The average Bonchev–Trinajstić information content (AvgIpc) is 2.66. The molecule has 152 valence electrons. The fraction of sp³-hybridized carbons (Fsp3) is 0.571. The smallest absolute Gasteiger partial charge is 0.261 e. The van der Waals surface area contributed by atoms with Crippen LogP contribution in [0.4, 0.5) is 0 Å². The van der Waals surface area contributed by atoms with Gasteiger partial charge in [0.15, 0.2) is 0 Å². The van der Waals surface area contributed by atoms with E-state index in [4.69, 9.17) is 0 Å². The number of aryl methyl sites for hydroxylation is 1. The molecule has 0 radical (unpaired) electrons. The largest absolute Gasteiger partial charge is 0.354 e. The highest BCUT2D eigenvalue weighted by Crippen LogP contribution is 2.23. The zero-order valence-corrected chi connectivity index (χ0v) is 18.5. The van der Waals surface area contributed by atoms with Crippen molar-refractivity contribution in [2.24, 2.45) is 5.92 Å². The molecular formula is C21H29BrN4O2. The van der Waals surface area contributed by atoms with Gasteiger partial charge < -0.3 is 5.32 Å². The molecule has 0 saturated carbocycles. The van der Waals surface area contributed by atoms with Crippen LogP contribution in [0.1, 0.15) is 40.0 Å². The molecule has 1 aliphatic heterocycles. The van der Waals surface area contributed by atoms with Crippen LogP contribution in [-0.4, -0.2) is 45.5 Å². The number of halogens is 1. The topological polar surface area (TPSA) is 67.2 Å². The number of hydrogen-bond acceptors (Lipinski definition) is 4. The summed E-state index contributed by atoms with van der Waals surface area (Å²) in [6, 6.07) is 5.43. The lowest BCUT2D eigenvalue weighted by Gasteiger charge is -2.43. The Morgan fingerprint density at radius 3 is 2.93 bits per heavy atom. The second-order valence-corrected chi connectivity index (χ2v) is 9.35. The Kier molecular flexibility index (Phi) is 6.55. The van der Waals surface area contributed by atoms with Crippen LogP contribution in [0.5, 0.6) is 0 Å². The first-order valence-corrected chi connectivity index (χ1v) is 10.7. The molecule has 1 aromatic heterocycles. The zero-order valence-electron chi connectivity index (χ0n) is 16.9. The SMILES string of the molecule is CC1CCCN(C(C)(C)CNC(=O)CCn2cnc3ccc(Br)cc3c2=O)C1. The Bertz CT molecular complexity index is 909. The van der Waals surface area contributed by atoms with Gasteiger partial charge in [0.05, 0.1) is 17.2 Å². The summed E-state index contributed by atoms with van der Waals surface area (Å²) in [5.41, 5.74) is 0.464. The van der Waals surface area contributed by atoms with Crippen molar-refractivity contribution >= 4 is 32.7 Å². The second kappa shape index (κ2) is 8.74. The summed E-state index contributed by atoms with van der Waals surface area (Å²) in [5, 5.41) is 3.60. The molecule has 1 N–H and O–H groups in total. The molecule has 0 aliphatic carbocycles. The maximum atomic E-state index is 12.6. The van der Waals surface area contributed by atoms with Crippen molar-refractivity contribution in [1.82, 2.24) is 19.8 Å². The number of carbonyl (C=O) groups is 1. The first-order chi connectivity index (χ1) is 13.3. The summed E-state index contributed by atoms with van der Waals surface area (Å²) in [4.78, 5) is 31.8. The number of piperidine rings is 1. The number of aromatic nitrogens is 2. The van der Waals surface area contributed by atoms with Gasteiger partial charge in [-0.3, -0.25) is 19.1 Å². The van der Waals surface area contributed by atoms with Crippen LogP contribution in [0.3, 0.4) is 0 Å². The molecule has 28 heavy (non-hydrogen) atoms. The summed E-state index contributed by atoms with van der Waals surface area (Å²) in [5.74, 6) is 0.662. The van der Waals surface area contributed by atoms with Crippen molar-refractivity contribution in [2.45, 2.75) is 52.1 Å². The number of likely N-dealkylation sites (tertiary alicyclic amines) is 1. The summed E-state index contributed by atoms with van der Waals surface area (Å²) in [6.45, 7) is 9.74. The Morgan fingerprint density at radius 2 is 2.18 bits per heavy atom. The van der Waals surface area contributed by atoms with E-state index in [9.17, 15) is 9.59 Å². The van der Waals surface area contributed by atoms with E-state index in [1.165, 1.54) is 23.7 Å². The molecule has 1 unspecified atom stereocenters. The van der Waals surface area contributed by atoms with E-state index >= 15 is 0 Å². The number of fused-ring (bicyclic) bond motifs is 1. The minimum Gasteiger partial charge on any atom is -0.354 e. The van der Waals surface area contributed by atoms with Gasteiger partial charge in [0.2, 0.25) is 5.91 Å². The van der Waals surface area contributed by atoms with Gasteiger partial charge in [0.25, 0.3) is 5.56 Å². The highest BCUT2D eigenvalue weighted by molar-refractivity contribution is 9.10. The molecular weight excluding hydrogens is 420 g/mol. The van der Waals surface area contributed by atoms with Gasteiger partial charge >= 0.3 is 0 Å². The van der Waals surface area contributed by atoms with Crippen LogP contribution in [0.2, 0.25) is 0 Å². The van der Waals surface area contributed by atoms with E-state index in [2.05, 4.69) is 51.9 Å². The average molecular weight is 449 g/mol. The monoisotopic (exact) mass is 448 g/mol. The van der Waals surface area contributed by atoms with Crippen LogP contribution in [0, 0.1) is 5.92 Å². The minimum absolute atomic E-state index is 0.0422. The van der Waals surface area contributed by atoms with Crippen molar-refractivity contribution in [3.05, 3.63) is 39.4 Å². The van der Waals surface area contributed by atoms with Crippen LogP contribution in [0.15, 0.2) is 33.8 Å². The normalized spacial score (nSPS) is 18.4. The fourth-order valence-corrected chi connectivity index (χ4v) is 4.13. The quantitative estimate of drug-likeness (QED) is 0.736. The number of nitrogens with zero attached hydrogens (tertiary/aromatic N) is 3. The van der Waals surface area contributed by atoms with E-state index in [-0.39, 0.29) is 23.4 Å². The molecule has 1 aliphatic rings. The number of nitrogens with one attached hydrogen (secondary N) is 1. The highest BCUT2D eigenvalue weighted by Gasteiger charge is 2.30. The van der Waals surface area contributed by atoms with Crippen LogP contribution < -0.4 is 10.9 Å². The molecule has 0 bridgehead atoms. The maximum absolute atomic E-state index is 12.6. The molecule has 1 saturated heterocycles. The standard InChI is InChI=1S/C21H29BrN4O2/c1-15-5-4-9-26(12-15)21(2,3)13-23-19(27)8-10-25-14-24-18-7-6-16(22)11-17(18)20(25)28/h6-7,11,14-15H,4-5,8-10,12-13H2,1-3H3,(H,23,27). The van der Waals surface area contributed by atoms with Gasteiger partial charge in [0, 0.05) is 36.1 Å². The van der Waals surface area contributed by atoms with Crippen molar-refractivity contribution in [3.8, 4) is 0 Å². The first kappa shape index (κ1) is 21.0. The van der Waals surface area contributed by atoms with E-state index in [1.54, 1.807) is 12.1 Å². The van der Waals surface area contributed by atoms with Crippen LogP contribution >= 0.6 is 15.9 Å². The predicted molar refractivity (Wildman–Crippen MR) is 115 cm³/mol. The molecule has 2 aromatic rings. The van der Waals surface area contributed by atoms with E-state index in [1.807, 2.05) is 6.07 Å². The van der Waals surface area contributed by atoms with Crippen molar-refractivity contribution in [3.63, 3.8) is 0 Å². The second-order valence-electron chi connectivity index (χ2n) is 8.44. The molecule has 1 aromatic carbocycles. The number of amides is 1. The number of benzene rings is 1. The molecule has 1 atom stereocenters. The number of carbonyl (C=O) groups excluding carboxylic acids is 1. The first-order valence-electron chi connectivity index (χ1n) is 9.93. The zero-order chi connectivity index (χ0) is 20.3. The molecule has 1 fully saturated rings. The van der Waals surface area contributed by atoms with Crippen molar-refractivity contribution in [1.29, 1.82) is 0 Å². The van der Waals surface area contributed by atoms with Gasteiger partial charge in [0.1, 0.15) is 0 Å². The van der Waals surface area contributed by atoms with Crippen LogP contribution in [0.25, 0.3) is 10.9 Å². The summed E-state index contributed by atoms with van der Waals surface area (Å²) >= 11 is 3.38. The molecule has 2 heterocycles. The lowest BCUT2D eigenvalue weighted by Crippen LogP contribution is -2.54. The van der Waals surface area contributed by atoms with Gasteiger partial charge in [-0.2, -0.15) is 0 Å². The third kappa shape index (κ3) is 5.00. The summed E-state index contributed by atoms with van der Waals surface area (Å²) in [6.07, 6.45) is 4.27. The molecule has 3 rings (SSSR count). The van der Waals surface area contributed by atoms with E-state index in [0.717, 1.165) is 17.6 Å². The lowest BCUT2D eigenvalue weighted by molar-refractivity contribution is -0.122. The Morgan fingerprint density at radius 1 is 1.39 bits per heavy atom. The maximum Gasteiger partial charge on any atom is 0.261 e. The van der Waals surface area contributed by atoms with Gasteiger partial charge in [-0.15, -0.1) is 0 Å². The molecule has 6 nitrogen and oxygen atoms in total. The molecule has 1 amide bonds. The Labute approximate surface area is 174 Å². The third-order valence-corrected chi connectivity index (χ3v) is 6.09. The lowest BCUT2D eigenvalue weighted by atomic mass is 9.93. The van der Waals surface area contributed by atoms with Crippen LogP contribution in [-0.2, 0) is 11.3 Å². The van der Waals surface area contributed by atoms with Crippen molar-refractivity contribution in [2.75, 3.05) is 19.6 Å². The van der Waals surface area contributed by atoms with E-state index < -0.39 is 0 Å². The van der Waals surface area contributed by atoms with E-state index in [0.29, 0.717) is 29.9 Å². The predicted octanol–water partition coefficient (Wildman–Crippen LogP) is 3.18. The summed E-state index contributed by atoms with van der Waals surface area (Å²) < 4.78 is 2.34.